The van der Waals surface area contributed by atoms with Crippen molar-refractivity contribution in [2.45, 2.75) is 24.6 Å². The topological polar surface area (TPSA) is 41.0 Å². The van der Waals surface area contributed by atoms with E-state index in [1.165, 1.54) is 5.56 Å². The zero-order chi connectivity index (χ0) is 12.4. The summed E-state index contributed by atoms with van der Waals surface area (Å²) in [5, 5.41) is 1.68. The predicted molar refractivity (Wildman–Crippen MR) is 76.1 cm³/mol. The van der Waals surface area contributed by atoms with E-state index in [1.807, 2.05) is 24.0 Å². The summed E-state index contributed by atoms with van der Waals surface area (Å²) < 4.78 is 0. The highest BCUT2D eigenvalue weighted by Gasteiger charge is 2.27. The minimum Gasteiger partial charge on any atom is -0.348 e. The number of hydrogen-bond acceptors (Lipinski definition) is 3. The fourth-order valence-corrected chi connectivity index (χ4v) is 3.23. The van der Waals surface area contributed by atoms with E-state index in [4.69, 9.17) is 4.99 Å². The van der Waals surface area contributed by atoms with Crippen LogP contribution in [-0.2, 0) is 6.42 Å². The molecule has 1 aromatic heterocycles. The second-order valence-electron chi connectivity index (χ2n) is 4.47. The molecule has 92 valence electrons. The van der Waals surface area contributed by atoms with Gasteiger partial charge in [-0.05, 0) is 0 Å². The Morgan fingerprint density at radius 3 is 2.83 bits per heavy atom. The van der Waals surface area contributed by atoms with Gasteiger partial charge >= 0.3 is 0 Å². The van der Waals surface area contributed by atoms with Crippen LogP contribution in [0.3, 0.4) is 0 Å². The number of hydrogen-bond donors (Lipinski definition) is 1. The smallest absolute Gasteiger partial charge is 0.0984 e. The van der Waals surface area contributed by atoms with Crippen LogP contribution >= 0.6 is 11.8 Å². The minimum absolute atomic E-state index is 0.339. The first-order valence-electron chi connectivity index (χ1n) is 6.10. The summed E-state index contributed by atoms with van der Waals surface area (Å²) in [5.41, 5.74) is 2.38. The molecular weight excluding hydrogens is 242 g/mol. The van der Waals surface area contributed by atoms with Crippen molar-refractivity contribution >= 4 is 16.8 Å². The lowest BCUT2D eigenvalue weighted by molar-refractivity contribution is 0.667. The van der Waals surface area contributed by atoms with Gasteiger partial charge in [0.05, 0.1) is 17.4 Å². The highest BCUT2D eigenvalue weighted by atomic mass is 32.2. The maximum absolute atomic E-state index is 4.85. The molecule has 0 radical (unpaired) electrons. The molecule has 3 nitrogen and oxygen atoms in total. The summed E-state index contributed by atoms with van der Waals surface area (Å²) in [4.78, 5) is 12.1. The van der Waals surface area contributed by atoms with E-state index in [1.54, 1.807) is 6.33 Å². The first-order valence-corrected chi connectivity index (χ1v) is 6.98. The number of rotatable bonds is 3. The summed E-state index contributed by atoms with van der Waals surface area (Å²) in [6.07, 6.45) is 4.54. The summed E-state index contributed by atoms with van der Waals surface area (Å²) in [6, 6.07) is 10.7. The van der Waals surface area contributed by atoms with Crippen molar-refractivity contribution in [3.63, 3.8) is 0 Å². The van der Waals surface area contributed by atoms with E-state index in [9.17, 15) is 0 Å². The van der Waals surface area contributed by atoms with E-state index >= 15 is 0 Å². The van der Waals surface area contributed by atoms with Gasteiger partial charge in [-0.3, -0.25) is 4.99 Å². The Balaban J connectivity index is 1.79. The van der Waals surface area contributed by atoms with Gasteiger partial charge in [0.1, 0.15) is 0 Å². The number of nitrogens with zero attached hydrogens (tertiary/aromatic N) is 2. The van der Waals surface area contributed by atoms with Crippen molar-refractivity contribution in [2.75, 3.05) is 0 Å². The van der Waals surface area contributed by atoms with Crippen molar-refractivity contribution in [3.05, 3.63) is 54.1 Å². The first-order chi connectivity index (χ1) is 8.83. The Bertz CT molecular complexity index is 533. The van der Waals surface area contributed by atoms with Crippen LogP contribution in [0.5, 0.6) is 0 Å². The Morgan fingerprint density at radius 2 is 2.11 bits per heavy atom. The third-order valence-electron chi connectivity index (χ3n) is 3.13. The second-order valence-corrected chi connectivity index (χ2v) is 5.84. The van der Waals surface area contributed by atoms with E-state index in [0.717, 1.165) is 17.2 Å². The molecule has 2 atom stereocenters. The van der Waals surface area contributed by atoms with Crippen LogP contribution in [-0.4, -0.2) is 26.3 Å². The van der Waals surface area contributed by atoms with Gasteiger partial charge in [-0.2, -0.15) is 0 Å². The fourth-order valence-electron chi connectivity index (χ4n) is 2.10. The lowest BCUT2D eigenvalue weighted by atomic mass is 10.1. The molecule has 1 N–H and O–H groups in total. The summed E-state index contributed by atoms with van der Waals surface area (Å²) in [5.74, 6) is 0. The van der Waals surface area contributed by atoms with Crippen LogP contribution in [0.15, 0.2) is 47.8 Å². The number of H-pyrrole nitrogens is 1. The van der Waals surface area contributed by atoms with Gasteiger partial charge < -0.3 is 4.98 Å². The quantitative estimate of drug-likeness (QED) is 0.918. The van der Waals surface area contributed by atoms with Crippen molar-refractivity contribution in [2.24, 2.45) is 4.99 Å². The van der Waals surface area contributed by atoms with Gasteiger partial charge in [0.25, 0.3) is 0 Å². The molecule has 0 aliphatic carbocycles. The normalized spacial score (nSPS) is 23.1. The lowest BCUT2D eigenvalue weighted by Gasteiger charge is -2.10. The number of aromatic nitrogens is 2. The summed E-state index contributed by atoms with van der Waals surface area (Å²) in [6.45, 7) is 2.24. The van der Waals surface area contributed by atoms with E-state index < -0.39 is 0 Å². The molecule has 0 fully saturated rings. The predicted octanol–water partition coefficient (Wildman–Crippen LogP) is 2.90. The Kier molecular flexibility index (Phi) is 3.19. The molecule has 4 heteroatoms. The van der Waals surface area contributed by atoms with Crippen molar-refractivity contribution in [1.29, 1.82) is 0 Å². The number of thioether (sulfide) groups is 1. The molecule has 2 heterocycles. The number of nitrogens with one attached hydrogen (secondary N) is 1. The van der Waals surface area contributed by atoms with Gasteiger partial charge in [-0.1, -0.05) is 37.3 Å². The Morgan fingerprint density at radius 1 is 1.28 bits per heavy atom. The number of imidazole rings is 1. The highest BCUT2D eigenvalue weighted by molar-refractivity contribution is 8.15. The molecule has 0 saturated heterocycles. The Labute approximate surface area is 111 Å². The minimum atomic E-state index is 0.339. The summed E-state index contributed by atoms with van der Waals surface area (Å²) >= 11 is 1.86. The average molecular weight is 257 g/mol. The van der Waals surface area contributed by atoms with Crippen molar-refractivity contribution in [3.8, 4) is 0 Å². The maximum Gasteiger partial charge on any atom is 0.0984 e. The molecule has 1 aliphatic heterocycles. The highest BCUT2D eigenvalue weighted by Crippen LogP contribution is 2.31. The van der Waals surface area contributed by atoms with E-state index in [-0.39, 0.29) is 0 Å². The van der Waals surface area contributed by atoms with E-state index in [2.05, 4.69) is 41.2 Å². The fraction of sp³-hybridized carbons (Fsp3) is 0.286. The number of aromatic amines is 1. The van der Waals surface area contributed by atoms with Crippen LogP contribution in [0.4, 0.5) is 0 Å². The largest absolute Gasteiger partial charge is 0.348 e. The van der Waals surface area contributed by atoms with Crippen LogP contribution in [0, 0.1) is 0 Å². The molecule has 1 aromatic carbocycles. The molecule has 0 saturated carbocycles. The maximum atomic E-state index is 4.85. The van der Waals surface area contributed by atoms with Crippen LogP contribution in [0.2, 0.25) is 0 Å². The third kappa shape index (κ3) is 2.34. The first kappa shape index (κ1) is 11.5. The Hall–Kier alpha value is -1.55. The molecule has 0 spiro atoms. The molecule has 0 unspecified atom stereocenters. The lowest BCUT2D eigenvalue weighted by Crippen LogP contribution is -2.16. The van der Waals surface area contributed by atoms with E-state index in [0.29, 0.717) is 11.3 Å². The van der Waals surface area contributed by atoms with Gasteiger partial charge in [0.15, 0.2) is 0 Å². The van der Waals surface area contributed by atoms with Gasteiger partial charge in [-0.25, -0.2) is 4.98 Å². The van der Waals surface area contributed by atoms with Gasteiger partial charge in [-0.15, -0.1) is 11.8 Å². The molecular formula is C14H15N3S. The number of benzene rings is 1. The molecule has 2 aromatic rings. The van der Waals surface area contributed by atoms with Crippen molar-refractivity contribution < 1.29 is 0 Å². The molecule has 0 amide bonds. The second kappa shape index (κ2) is 4.98. The zero-order valence-electron chi connectivity index (χ0n) is 10.2. The molecule has 18 heavy (non-hydrogen) atoms. The van der Waals surface area contributed by atoms with Gasteiger partial charge in [0.2, 0.25) is 0 Å². The third-order valence-corrected chi connectivity index (χ3v) is 4.38. The standard InChI is InChI=1S/C14H15N3S/c1-10-13(7-12-8-15-9-16-12)17-14(18-10)11-5-3-2-4-6-11/h2-6,8-10,13H,7H2,1H3,(H,15,16)/t10-,13-/m0/s1. The average Bonchev–Trinajstić information content (AvgIpc) is 3.02. The molecule has 0 bridgehead atoms. The SMILES string of the molecule is C[C@@H]1SC(c2ccccc2)=N[C@H]1Cc1cnc[nH]1. The number of aliphatic imine (C=N–C) groups is 1. The summed E-state index contributed by atoms with van der Waals surface area (Å²) in [7, 11) is 0. The van der Waals surface area contributed by atoms with Crippen molar-refractivity contribution in [1.82, 2.24) is 9.97 Å². The monoisotopic (exact) mass is 257 g/mol. The zero-order valence-corrected chi connectivity index (χ0v) is 11.0. The van der Waals surface area contributed by atoms with Crippen LogP contribution in [0.25, 0.3) is 0 Å². The van der Waals surface area contributed by atoms with Gasteiger partial charge in [0, 0.05) is 29.1 Å². The van der Waals surface area contributed by atoms with Crippen LogP contribution < -0.4 is 0 Å². The van der Waals surface area contributed by atoms with Crippen LogP contribution in [0.1, 0.15) is 18.2 Å². The molecule has 1 aliphatic rings. The molecule has 3 rings (SSSR count).